The van der Waals surface area contributed by atoms with Crippen LogP contribution in [-0.2, 0) is 17.6 Å². The summed E-state index contributed by atoms with van der Waals surface area (Å²) in [5, 5.41) is 49.7. The molecule has 6 atom stereocenters. The fraction of sp³-hybridized carbons (Fsp3) is 0.520. The Balaban J connectivity index is 1.66. The second kappa shape index (κ2) is 11.0. The summed E-state index contributed by atoms with van der Waals surface area (Å²) in [4.78, 5) is 0. The van der Waals surface area contributed by atoms with E-state index >= 15 is 0 Å². The zero-order valence-electron chi connectivity index (χ0n) is 19.7. The molecule has 2 aromatic rings. The first-order valence-corrected chi connectivity index (χ1v) is 11.5. The van der Waals surface area contributed by atoms with Gasteiger partial charge in [-0.1, -0.05) is 6.07 Å². The summed E-state index contributed by atoms with van der Waals surface area (Å²) in [5.41, 5.74) is 2.45. The minimum absolute atomic E-state index is 0.0607. The molecule has 5 N–H and O–H groups in total. The van der Waals surface area contributed by atoms with Crippen LogP contribution in [0.3, 0.4) is 0 Å². The maximum Gasteiger partial charge on any atom is 0.229 e. The molecule has 2 aliphatic heterocycles. The van der Waals surface area contributed by atoms with Crippen LogP contribution in [0.25, 0.3) is 0 Å². The van der Waals surface area contributed by atoms with Crippen LogP contribution in [0.1, 0.15) is 29.2 Å². The smallest absolute Gasteiger partial charge is 0.229 e. The highest BCUT2D eigenvalue weighted by Gasteiger charge is 2.45. The van der Waals surface area contributed by atoms with E-state index in [0.717, 1.165) is 11.1 Å². The largest absolute Gasteiger partial charge is 0.497 e. The fourth-order valence-corrected chi connectivity index (χ4v) is 4.55. The Kier molecular flexibility index (Phi) is 8.00. The van der Waals surface area contributed by atoms with Gasteiger partial charge in [0.2, 0.25) is 6.29 Å². The number of aryl methyl sites for hydroxylation is 1. The Bertz CT molecular complexity index is 1010. The Morgan fingerprint density at radius 3 is 2.43 bits per heavy atom. The van der Waals surface area contributed by atoms with Gasteiger partial charge in [0.05, 0.1) is 20.8 Å². The number of aliphatic hydroxyl groups excluding tert-OH is 5. The molecule has 0 spiro atoms. The highest BCUT2D eigenvalue weighted by Crippen LogP contribution is 2.44. The van der Waals surface area contributed by atoms with Crippen molar-refractivity contribution in [2.45, 2.75) is 56.1 Å². The van der Waals surface area contributed by atoms with Crippen molar-refractivity contribution in [3.8, 4) is 23.0 Å². The maximum atomic E-state index is 10.5. The van der Waals surface area contributed by atoms with E-state index in [4.69, 9.17) is 23.7 Å². The number of ether oxygens (including phenoxy) is 5. The summed E-state index contributed by atoms with van der Waals surface area (Å²) in [6.45, 7) is -0.622. The van der Waals surface area contributed by atoms with Crippen LogP contribution < -0.4 is 18.9 Å². The molecule has 0 aromatic heterocycles. The predicted octanol–water partition coefficient (Wildman–Crippen LogP) is 0.484. The summed E-state index contributed by atoms with van der Waals surface area (Å²) < 4.78 is 28.7. The third-order valence-electron chi connectivity index (χ3n) is 6.48. The van der Waals surface area contributed by atoms with E-state index in [1.165, 1.54) is 7.11 Å². The topological polar surface area (TPSA) is 147 Å². The van der Waals surface area contributed by atoms with Gasteiger partial charge in [0, 0.05) is 30.2 Å². The van der Waals surface area contributed by atoms with Crippen molar-refractivity contribution in [2.75, 3.05) is 27.4 Å². The van der Waals surface area contributed by atoms with Gasteiger partial charge >= 0.3 is 0 Å². The molecular formula is C25H32O10. The quantitative estimate of drug-likeness (QED) is 0.353. The molecule has 10 heteroatoms. The molecule has 0 amide bonds. The highest BCUT2D eigenvalue weighted by atomic mass is 16.7. The van der Waals surface area contributed by atoms with E-state index in [-0.39, 0.29) is 6.61 Å². The molecule has 1 saturated heterocycles. The number of methoxy groups -OCH3 is 2. The number of rotatable bonds is 8. The van der Waals surface area contributed by atoms with Crippen LogP contribution >= 0.6 is 0 Å². The van der Waals surface area contributed by atoms with Crippen LogP contribution in [0.15, 0.2) is 30.3 Å². The molecule has 0 bridgehead atoms. The third kappa shape index (κ3) is 5.04. The molecule has 4 rings (SSSR count). The normalized spacial score (nSPS) is 28.1. The lowest BCUT2D eigenvalue weighted by molar-refractivity contribution is -0.277. The maximum absolute atomic E-state index is 10.5. The Hall–Kier alpha value is -2.60. The van der Waals surface area contributed by atoms with E-state index in [1.807, 2.05) is 12.1 Å². The van der Waals surface area contributed by atoms with Gasteiger partial charge in [0.15, 0.2) is 0 Å². The zero-order chi connectivity index (χ0) is 25.1. The molecule has 6 unspecified atom stereocenters. The third-order valence-corrected chi connectivity index (χ3v) is 6.48. The van der Waals surface area contributed by atoms with E-state index in [9.17, 15) is 25.5 Å². The minimum Gasteiger partial charge on any atom is -0.497 e. The summed E-state index contributed by atoms with van der Waals surface area (Å²) >= 11 is 0. The second-order valence-electron chi connectivity index (χ2n) is 8.57. The van der Waals surface area contributed by atoms with Crippen molar-refractivity contribution in [3.05, 3.63) is 47.0 Å². The van der Waals surface area contributed by atoms with Gasteiger partial charge in [-0.25, -0.2) is 0 Å². The summed E-state index contributed by atoms with van der Waals surface area (Å²) in [6.07, 6.45) is -5.77. The molecule has 2 heterocycles. The molecule has 192 valence electrons. The Morgan fingerprint density at radius 2 is 1.74 bits per heavy atom. The molecule has 10 nitrogen and oxygen atoms in total. The van der Waals surface area contributed by atoms with Crippen LogP contribution in [0.2, 0.25) is 0 Å². The lowest BCUT2D eigenvalue weighted by Crippen LogP contribution is -2.60. The first-order chi connectivity index (χ1) is 16.9. The van der Waals surface area contributed by atoms with Crippen molar-refractivity contribution < 1.29 is 49.2 Å². The highest BCUT2D eigenvalue weighted by molar-refractivity contribution is 5.52. The van der Waals surface area contributed by atoms with Crippen molar-refractivity contribution in [1.29, 1.82) is 0 Å². The fourth-order valence-electron chi connectivity index (χ4n) is 4.55. The molecule has 1 fully saturated rings. The molecular weight excluding hydrogens is 460 g/mol. The number of hydrogen-bond donors (Lipinski definition) is 5. The number of benzene rings is 2. The SMILES string of the molecule is COc1ccc(C2CCc3ccc(OC)c(CCO)c3O2)c(OC2OC(CO)C(O)C(O)C2O)c1. The molecule has 0 saturated carbocycles. The zero-order valence-corrected chi connectivity index (χ0v) is 19.7. The van der Waals surface area contributed by atoms with Gasteiger partial charge in [-0.15, -0.1) is 0 Å². The summed E-state index contributed by atoms with van der Waals surface area (Å²) in [7, 11) is 3.08. The van der Waals surface area contributed by atoms with Gasteiger partial charge < -0.3 is 49.2 Å². The Morgan fingerprint density at radius 1 is 0.943 bits per heavy atom. The number of hydrogen-bond acceptors (Lipinski definition) is 10. The van der Waals surface area contributed by atoms with Gasteiger partial charge in [-0.05, 0) is 36.6 Å². The van der Waals surface area contributed by atoms with Gasteiger partial charge in [-0.2, -0.15) is 0 Å². The van der Waals surface area contributed by atoms with Crippen molar-refractivity contribution >= 4 is 0 Å². The minimum atomic E-state index is -1.56. The number of aliphatic hydroxyl groups is 5. The second-order valence-corrected chi connectivity index (χ2v) is 8.57. The lowest BCUT2D eigenvalue weighted by atomic mass is 9.93. The van der Waals surface area contributed by atoms with E-state index in [1.54, 1.807) is 25.3 Å². The molecule has 0 radical (unpaired) electrons. The van der Waals surface area contributed by atoms with Crippen LogP contribution in [0, 0.1) is 0 Å². The van der Waals surface area contributed by atoms with Crippen molar-refractivity contribution in [1.82, 2.24) is 0 Å². The summed E-state index contributed by atoms with van der Waals surface area (Å²) in [5.74, 6) is 2.08. The average Bonchev–Trinajstić information content (AvgIpc) is 2.89. The molecule has 0 aliphatic carbocycles. The van der Waals surface area contributed by atoms with Crippen molar-refractivity contribution in [3.63, 3.8) is 0 Å². The Labute approximate surface area is 203 Å². The van der Waals surface area contributed by atoms with Gasteiger partial charge in [0.25, 0.3) is 0 Å². The standard InChI is InChI=1S/C25H32O10/c1-31-14-5-6-15(19(11-14)34-25-23(30)22(29)21(28)20(12-27)35-25)18-8-4-13-3-7-17(32-2)16(9-10-26)24(13)33-18/h3,5-7,11,18,20-23,25-30H,4,8-10,12H2,1-2H3. The van der Waals surface area contributed by atoms with E-state index in [0.29, 0.717) is 47.8 Å². The monoisotopic (exact) mass is 492 g/mol. The van der Waals surface area contributed by atoms with Gasteiger partial charge in [-0.3, -0.25) is 0 Å². The van der Waals surface area contributed by atoms with Crippen LogP contribution in [0.5, 0.6) is 23.0 Å². The predicted molar refractivity (Wildman–Crippen MR) is 123 cm³/mol. The molecule has 2 aromatic carbocycles. The van der Waals surface area contributed by atoms with Crippen LogP contribution in [0.4, 0.5) is 0 Å². The van der Waals surface area contributed by atoms with Crippen LogP contribution in [-0.4, -0.2) is 83.7 Å². The first kappa shape index (κ1) is 25.5. The van der Waals surface area contributed by atoms with Gasteiger partial charge in [0.1, 0.15) is 53.5 Å². The number of fused-ring (bicyclic) bond motifs is 1. The molecule has 2 aliphatic rings. The van der Waals surface area contributed by atoms with E-state index < -0.39 is 43.4 Å². The lowest BCUT2D eigenvalue weighted by Gasteiger charge is -2.40. The van der Waals surface area contributed by atoms with E-state index in [2.05, 4.69) is 0 Å². The molecule has 35 heavy (non-hydrogen) atoms. The summed E-state index contributed by atoms with van der Waals surface area (Å²) in [6, 6.07) is 8.99. The van der Waals surface area contributed by atoms with Crippen molar-refractivity contribution in [2.24, 2.45) is 0 Å². The first-order valence-electron chi connectivity index (χ1n) is 11.5. The average molecular weight is 493 g/mol.